The molecule has 1 saturated heterocycles. The minimum Gasteiger partial charge on any atom is -0.378 e. The summed E-state index contributed by atoms with van der Waals surface area (Å²) in [6.45, 7) is 3.98. The average molecular weight is 653 g/mol. The van der Waals surface area contributed by atoms with E-state index < -0.39 is 50.4 Å². The van der Waals surface area contributed by atoms with Crippen molar-refractivity contribution in [3.63, 3.8) is 0 Å². The number of sulfone groups is 1. The number of nitrogens with zero attached hydrogens (tertiary/aromatic N) is 2. The summed E-state index contributed by atoms with van der Waals surface area (Å²) in [5.41, 5.74) is -0.792. The SMILES string of the molecule is CC(C)S(=O)(=O)C(C(=O)NCC(=O)NC1CC1)c1nc2cc(C(F)(F)F)c(-c3ccc(C(=O)N4CCOCC4)cc3)cc2s1. The molecule has 2 N–H and O–H groups in total. The highest BCUT2D eigenvalue weighted by atomic mass is 32.2. The number of carbonyl (C=O) groups is 3. The summed E-state index contributed by atoms with van der Waals surface area (Å²) in [7, 11) is -4.18. The van der Waals surface area contributed by atoms with Crippen LogP contribution in [0.15, 0.2) is 36.4 Å². The smallest absolute Gasteiger partial charge is 0.378 e. The molecule has 1 unspecified atom stereocenters. The first-order valence-corrected chi connectivity index (χ1v) is 16.5. The second-order valence-electron chi connectivity index (χ2n) is 11.0. The van der Waals surface area contributed by atoms with Gasteiger partial charge in [0.05, 0.1) is 40.8 Å². The fourth-order valence-corrected chi connectivity index (χ4v) is 7.53. The second-order valence-corrected chi connectivity index (χ2v) is 14.6. The van der Waals surface area contributed by atoms with Crippen LogP contribution in [0.5, 0.6) is 0 Å². The van der Waals surface area contributed by atoms with E-state index in [1.165, 1.54) is 44.2 Å². The molecule has 3 aromatic rings. The van der Waals surface area contributed by atoms with E-state index in [4.69, 9.17) is 4.74 Å². The van der Waals surface area contributed by atoms with Gasteiger partial charge in [0.15, 0.2) is 15.1 Å². The minimum absolute atomic E-state index is 0.0392. The Hall–Kier alpha value is -3.56. The van der Waals surface area contributed by atoms with Crippen molar-refractivity contribution in [3.8, 4) is 11.1 Å². The Morgan fingerprint density at radius 2 is 1.75 bits per heavy atom. The summed E-state index contributed by atoms with van der Waals surface area (Å²) in [6.07, 6.45) is -3.13. The lowest BCUT2D eigenvalue weighted by atomic mass is 9.97. The number of benzene rings is 2. The normalized spacial score (nSPS) is 16.6. The molecule has 1 saturated carbocycles. The molecule has 2 aromatic carbocycles. The van der Waals surface area contributed by atoms with E-state index in [1.54, 1.807) is 4.90 Å². The summed E-state index contributed by atoms with van der Waals surface area (Å²) >= 11 is 0.796. The third-order valence-electron chi connectivity index (χ3n) is 7.40. The molecule has 1 atom stereocenters. The molecule has 0 bridgehead atoms. The summed E-state index contributed by atoms with van der Waals surface area (Å²) in [4.78, 5) is 43.9. The number of hydrogen-bond acceptors (Lipinski definition) is 8. The minimum atomic E-state index is -4.79. The van der Waals surface area contributed by atoms with Crippen LogP contribution >= 0.6 is 11.3 Å². The first kappa shape index (κ1) is 31.9. The van der Waals surface area contributed by atoms with E-state index in [1.807, 2.05) is 0 Å². The number of halogens is 3. The highest BCUT2D eigenvalue weighted by molar-refractivity contribution is 7.93. The molecule has 2 aliphatic rings. The second kappa shape index (κ2) is 12.4. The van der Waals surface area contributed by atoms with Crippen molar-refractivity contribution >= 4 is 49.1 Å². The van der Waals surface area contributed by atoms with E-state index in [2.05, 4.69) is 15.6 Å². The average Bonchev–Trinajstić information content (AvgIpc) is 3.70. The number of nitrogens with one attached hydrogen (secondary N) is 2. The van der Waals surface area contributed by atoms with Gasteiger partial charge in [0, 0.05) is 24.7 Å². The van der Waals surface area contributed by atoms with Crippen molar-refractivity contribution in [1.82, 2.24) is 20.5 Å². The number of amides is 3. The summed E-state index contributed by atoms with van der Waals surface area (Å²) in [6, 6.07) is 7.92. The fourth-order valence-electron chi connectivity index (χ4n) is 4.76. The zero-order valence-electron chi connectivity index (χ0n) is 23.9. The topological polar surface area (TPSA) is 135 Å². The first-order valence-electron chi connectivity index (χ1n) is 14.0. The number of morpholine rings is 1. The van der Waals surface area contributed by atoms with Crippen LogP contribution in [-0.2, 0) is 30.3 Å². The van der Waals surface area contributed by atoms with Gasteiger partial charge < -0.3 is 20.3 Å². The number of carbonyl (C=O) groups excluding carboxylic acids is 3. The van der Waals surface area contributed by atoms with Crippen LogP contribution in [0.1, 0.15) is 52.9 Å². The van der Waals surface area contributed by atoms with E-state index in [9.17, 15) is 36.0 Å². The van der Waals surface area contributed by atoms with E-state index in [0.717, 1.165) is 30.2 Å². The van der Waals surface area contributed by atoms with Crippen molar-refractivity contribution in [1.29, 1.82) is 0 Å². The number of rotatable bonds is 9. The standard InChI is InChI=1S/C29H31F3N4O6S2/c1-16(2)44(40,41)25(26(38)33-15-24(37)34-19-7-8-19)27-35-22-14-21(29(30,31)32)20(13-23(22)43-27)17-3-5-18(6-4-17)28(39)36-9-11-42-12-10-36/h3-6,13-14,16,19,25H,7-12,15H2,1-2H3,(H,33,38)(H,34,37). The highest BCUT2D eigenvalue weighted by Gasteiger charge is 2.40. The van der Waals surface area contributed by atoms with Crippen molar-refractivity contribution in [3.05, 3.63) is 52.5 Å². The van der Waals surface area contributed by atoms with Crippen LogP contribution in [0.4, 0.5) is 13.2 Å². The van der Waals surface area contributed by atoms with Gasteiger partial charge in [-0.3, -0.25) is 14.4 Å². The quantitative estimate of drug-likeness (QED) is 0.360. The van der Waals surface area contributed by atoms with Crippen LogP contribution in [0.3, 0.4) is 0 Å². The van der Waals surface area contributed by atoms with Crippen molar-refractivity contribution < 1.29 is 40.7 Å². The third-order valence-corrected chi connectivity index (χ3v) is 11.0. The predicted octanol–water partition coefficient (Wildman–Crippen LogP) is 3.71. The molecule has 2 fully saturated rings. The maximum Gasteiger partial charge on any atom is 0.417 e. The first-order chi connectivity index (χ1) is 20.8. The number of aromatic nitrogens is 1. The van der Waals surface area contributed by atoms with E-state index in [-0.39, 0.29) is 38.3 Å². The third kappa shape index (κ3) is 6.89. The summed E-state index contributed by atoms with van der Waals surface area (Å²) < 4.78 is 74.9. The number of fused-ring (bicyclic) bond motifs is 1. The lowest BCUT2D eigenvalue weighted by Crippen LogP contribution is -2.42. The Bertz CT molecular complexity index is 1680. The van der Waals surface area contributed by atoms with Gasteiger partial charge in [0.1, 0.15) is 5.01 Å². The van der Waals surface area contributed by atoms with E-state index in [0.29, 0.717) is 31.9 Å². The van der Waals surface area contributed by atoms with Crippen LogP contribution in [0.25, 0.3) is 21.3 Å². The number of ether oxygens (including phenoxy) is 1. The molecule has 44 heavy (non-hydrogen) atoms. The number of hydrogen-bond donors (Lipinski definition) is 2. The highest BCUT2D eigenvalue weighted by Crippen LogP contribution is 2.42. The largest absolute Gasteiger partial charge is 0.417 e. The van der Waals surface area contributed by atoms with Crippen molar-refractivity contribution in [2.75, 3.05) is 32.8 Å². The molecule has 1 aromatic heterocycles. The fraction of sp³-hybridized carbons (Fsp3) is 0.448. The number of thiazole rings is 1. The summed E-state index contributed by atoms with van der Waals surface area (Å²) in [5, 5.41) is 2.01. The van der Waals surface area contributed by atoms with Gasteiger partial charge in [-0.05, 0) is 62.1 Å². The molecule has 0 spiro atoms. The molecule has 10 nitrogen and oxygen atoms in total. The zero-order valence-corrected chi connectivity index (χ0v) is 25.6. The molecular weight excluding hydrogens is 621 g/mol. The Balaban J connectivity index is 1.49. The molecule has 1 aliphatic heterocycles. The lowest BCUT2D eigenvalue weighted by molar-refractivity contribution is -0.137. The maximum atomic E-state index is 14.3. The van der Waals surface area contributed by atoms with Gasteiger partial charge >= 0.3 is 6.18 Å². The van der Waals surface area contributed by atoms with Gasteiger partial charge in [0.2, 0.25) is 11.8 Å². The Morgan fingerprint density at radius 3 is 2.34 bits per heavy atom. The summed E-state index contributed by atoms with van der Waals surface area (Å²) in [5.74, 6) is -1.71. The maximum absolute atomic E-state index is 14.3. The molecule has 236 valence electrons. The van der Waals surface area contributed by atoms with Crippen LogP contribution < -0.4 is 10.6 Å². The van der Waals surface area contributed by atoms with Crippen LogP contribution in [-0.4, -0.2) is 80.2 Å². The molecule has 2 heterocycles. The van der Waals surface area contributed by atoms with Crippen molar-refractivity contribution in [2.45, 2.75) is 49.4 Å². The Morgan fingerprint density at radius 1 is 1.09 bits per heavy atom. The number of alkyl halides is 3. The molecule has 1 aliphatic carbocycles. The van der Waals surface area contributed by atoms with Crippen molar-refractivity contribution in [2.24, 2.45) is 0 Å². The molecule has 3 amide bonds. The van der Waals surface area contributed by atoms with Gasteiger partial charge in [0.25, 0.3) is 5.91 Å². The van der Waals surface area contributed by atoms with Gasteiger partial charge in [-0.1, -0.05) is 12.1 Å². The molecule has 15 heteroatoms. The van der Waals surface area contributed by atoms with Gasteiger partial charge in [-0.2, -0.15) is 13.2 Å². The van der Waals surface area contributed by atoms with Crippen LogP contribution in [0.2, 0.25) is 0 Å². The van der Waals surface area contributed by atoms with Gasteiger partial charge in [-0.15, -0.1) is 11.3 Å². The predicted molar refractivity (Wildman–Crippen MR) is 158 cm³/mol. The molecule has 0 radical (unpaired) electrons. The Kier molecular flexibility index (Phi) is 9.01. The van der Waals surface area contributed by atoms with Gasteiger partial charge in [-0.25, -0.2) is 13.4 Å². The van der Waals surface area contributed by atoms with E-state index >= 15 is 0 Å². The monoisotopic (exact) mass is 652 g/mol. The lowest BCUT2D eigenvalue weighted by Gasteiger charge is -2.26. The Labute approximate surface area is 255 Å². The molecular formula is C29H31F3N4O6S2. The molecule has 5 rings (SSSR count). The zero-order chi connectivity index (χ0) is 31.8. The van der Waals surface area contributed by atoms with Crippen LogP contribution in [0, 0.1) is 0 Å².